The van der Waals surface area contributed by atoms with Gasteiger partial charge in [-0.2, -0.15) is 0 Å². The van der Waals surface area contributed by atoms with Gasteiger partial charge in [0.15, 0.2) is 0 Å². The molecule has 0 rings (SSSR count). The topological polar surface area (TPSA) is 72.5 Å². The van der Waals surface area contributed by atoms with Gasteiger partial charge in [0.05, 0.1) is 11.5 Å². The lowest BCUT2D eigenvalue weighted by molar-refractivity contribution is -0.151. The maximum absolute atomic E-state index is 11.3. The second-order valence-corrected chi connectivity index (χ2v) is 5.06. The zero-order valence-electron chi connectivity index (χ0n) is 10.8. The first kappa shape index (κ1) is 15.4. The summed E-state index contributed by atoms with van der Waals surface area (Å²) in [6, 6.07) is 0. The summed E-state index contributed by atoms with van der Waals surface area (Å²) in [6.07, 6.45) is 1.21. The van der Waals surface area contributed by atoms with Crippen LogP contribution in [0.4, 0.5) is 0 Å². The smallest absolute Gasteiger partial charge is 0.311 e. The summed E-state index contributed by atoms with van der Waals surface area (Å²) in [5, 5.41) is 9.30. The van der Waals surface area contributed by atoms with E-state index in [0.717, 1.165) is 0 Å². The van der Waals surface area contributed by atoms with Crippen molar-refractivity contribution >= 4 is 5.97 Å². The van der Waals surface area contributed by atoms with Gasteiger partial charge < -0.3 is 15.6 Å². The van der Waals surface area contributed by atoms with E-state index in [1.54, 1.807) is 0 Å². The fraction of sp³-hybridized carbons (Fsp3) is 0.917. The van der Waals surface area contributed by atoms with Gasteiger partial charge in [0.25, 0.3) is 0 Å². The Morgan fingerprint density at radius 1 is 1.38 bits per heavy atom. The number of carboxylic acid groups (broad SMARTS) is 1. The zero-order valence-corrected chi connectivity index (χ0v) is 10.8. The molecule has 0 bridgehead atoms. The Bertz CT molecular complexity index is 216. The highest BCUT2D eigenvalue weighted by atomic mass is 16.5. The number of carbonyl (C=O) groups is 1. The predicted molar refractivity (Wildman–Crippen MR) is 64.3 cm³/mol. The van der Waals surface area contributed by atoms with Crippen LogP contribution in [0.25, 0.3) is 0 Å². The summed E-state index contributed by atoms with van der Waals surface area (Å²) in [7, 11) is 0. The molecule has 0 aliphatic heterocycles. The molecule has 0 heterocycles. The van der Waals surface area contributed by atoms with E-state index in [2.05, 4.69) is 0 Å². The second-order valence-electron chi connectivity index (χ2n) is 5.06. The Morgan fingerprint density at radius 3 is 2.25 bits per heavy atom. The van der Waals surface area contributed by atoms with E-state index in [1.807, 2.05) is 27.7 Å². The van der Waals surface area contributed by atoms with E-state index in [1.165, 1.54) is 0 Å². The number of nitrogens with two attached hydrogens (primary N) is 1. The Morgan fingerprint density at radius 2 is 1.94 bits per heavy atom. The van der Waals surface area contributed by atoms with Crippen molar-refractivity contribution in [3.05, 3.63) is 0 Å². The van der Waals surface area contributed by atoms with Gasteiger partial charge in [-0.25, -0.2) is 0 Å². The first-order valence-electron chi connectivity index (χ1n) is 5.89. The van der Waals surface area contributed by atoms with Gasteiger partial charge in [-0.3, -0.25) is 4.79 Å². The molecule has 1 atom stereocenters. The molecule has 96 valence electrons. The summed E-state index contributed by atoms with van der Waals surface area (Å²) in [5.41, 5.74) is 4.81. The zero-order chi connectivity index (χ0) is 12.8. The number of carboxylic acids is 1. The minimum atomic E-state index is -0.830. The van der Waals surface area contributed by atoms with Crippen molar-refractivity contribution in [3.8, 4) is 0 Å². The lowest BCUT2D eigenvalue weighted by Crippen LogP contribution is -2.41. The number of rotatable bonds is 8. The first-order chi connectivity index (χ1) is 7.34. The highest BCUT2D eigenvalue weighted by Gasteiger charge is 2.37. The lowest BCUT2D eigenvalue weighted by Gasteiger charge is -2.29. The molecular formula is C12H25NO3. The van der Waals surface area contributed by atoms with Crippen molar-refractivity contribution < 1.29 is 14.6 Å². The van der Waals surface area contributed by atoms with Gasteiger partial charge in [0.2, 0.25) is 0 Å². The van der Waals surface area contributed by atoms with E-state index < -0.39 is 11.4 Å². The van der Waals surface area contributed by atoms with Crippen LogP contribution in [0, 0.1) is 11.3 Å². The van der Waals surface area contributed by atoms with Crippen LogP contribution in [0.15, 0.2) is 0 Å². The van der Waals surface area contributed by atoms with Crippen molar-refractivity contribution in [2.75, 3.05) is 13.2 Å². The Labute approximate surface area is 98.2 Å². The first-order valence-corrected chi connectivity index (χ1v) is 5.89. The molecule has 0 aromatic heterocycles. The van der Waals surface area contributed by atoms with Crippen molar-refractivity contribution in [1.82, 2.24) is 0 Å². The molecule has 16 heavy (non-hydrogen) atoms. The second kappa shape index (κ2) is 6.86. The van der Waals surface area contributed by atoms with Crippen LogP contribution >= 0.6 is 0 Å². The van der Waals surface area contributed by atoms with Gasteiger partial charge in [0.1, 0.15) is 0 Å². The molecule has 0 fully saturated rings. The Kier molecular flexibility index (Phi) is 6.60. The third kappa shape index (κ3) is 4.94. The Balaban J connectivity index is 4.45. The van der Waals surface area contributed by atoms with Gasteiger partial charge in [-0.1, -0.05) is 13.8 Å². The van der Waals surface area contributed by atoms with Crippen LogP contribution in [0.3, 0.4) is 0 Å². The van der Waals surface area contributed by atoms with E-state index in [4.69, 9.17) is 10.5 Å². The minimum Gasteiger partial charge on any atom is -0.481 e. The molecular weight excluding hydrogens is 206 g/mol. The van der Waals surface area contributed by atoms with E-state index in [9.17, 15) is 9.90 Å². The summed E-state index contributed by atoms with van der Waals surface area (Å²) < 4.78 is 5.41. The summed E-state index contributed by atoms with van der Waals surface area (Å²) >= 11 is 0. The fourth-order valence-corrected chi connectivity index (χ4v) is 1.84. The molecule has 0 aliphatic carbocycles. The van der Waals surface area contributed by atoms with Gasteiger partial charge in [0, 0.05) is 13.2 Å². The van der Waals surface area contributed by atoms with E-state index >= 15 is 0 Å². The van der Waals surface area contributed by atoms with E-state index in [-0.39, 0.29) is 12.6 Å². The van der Waals surface area contributed by atoms with Crippen LogP contribution < -0.4 is 5.73 Å². The highest BCUT2D eigenvalue weighted by Crippen LogP contribution is 2.30. The average molecular weight is 231 g/mol. The number of aliphatic carboxylic acids is 1. The molecule has 4 nitrogen and oxygen atoms in total. The lowest BCUT2D eigenvalue weighted by atomic mass is 9.77. The largest absolute Gasteiger partial charge is 0.481 e. The molecule has 0 aromatic rings. The minimum absolute atomic E-state index is 0.128. The standard InChI is InChI=1S/C12H25NO3/c1-9(2)7-12(8-13,11(14)15)5-6-16-10(3)4/h9-10H,5-8,13H2,1-4H3,(H,14,15). The summed E-state index contributed by atoms with van der Waals surface area (Å²) in [4.78, 5) is 11.3. The maximum Gasteiger partial charge on any atom is 0.311 e. The summed E-state index contributed by atoms with van der Waals surface area (Å²) in [5.74, 6) is -0.491. The number of ether oxygens (including phenoxy) is 1. The molecule has 4 heteroatoms. The summed E-state index contributed by atoms with van der Waals surface area (Å²) in [6.45, 7) is 8.52. The highest BCUT2D eigenvalue weighted by molar-refractivity contribution is 5.75. The van der Waals surface area contributed by atoms with E-state index in [0.29, 0.717) is 25.4 Å². The normalized spacial score (nSPS) is 15.4. The van der Waals surface area contributed by atoms with Crippen molar-refractivity contribution in [1.29, 1.82) is 0 Å². The predicted octanol–water partition coefficient (Wildman–Crippen LogP) is 1.88. The van der Waals surface area contributed by atoms with Gasteiger partial charge >= 0.3 is 5.97 Å². The molecule has 0 saturated carbocycles. The van der Waals surface area contributed by atoms with Crippen molar-refractivity contribution in [3.63, 3.8) is 0 Å². The molecule has 0 spiro atoms. The van der Waals surface area contributed by atoms with Crippen LogP contribution in [0.5, 0.6) is 0 Å². The van der Waals surface area contributed by atoms with Gasteiger partial charge in [-0.05, 0) is 32.6 Å². The van der Waals surface area contributed by atoms with Crippen molar-refractivity contribution in [2.24, 2.45) is 17.1 Å². The van der Waals surface area contributed by atoms with Crippen LogP contribution in [0.2, 0.25) is 0 Å². The van der Waals surface area contributed by atoms with Crippen LogP contribution in [0.1, 0.15) is 40.5 Å². The number of hydrogen-bond acceptors (Lipinski definition) is 3. The SMILES string of the molecule is CC(C)CC(CN)(CCOC(C)C)C(=O)O. The quantitative estimate of drug-likeness (QED) is 0.669. The molecule has 3 N–H and O–H groups in total. The molecule has 0 amide bonds. The van der Waals surface area contributed by atoms with Crippen LogP contribution in [-0.4, -0.2) is 30.3 Å². The molecule has 0 saturated heterocycles. The molecule has 1 unspecified atom stereocenters. The molecule has 0 radical (unpaired) electrons. The van der Waals surface area contributed by atoms with Crippen LogP contribution in [-0.2, 0) is 9.53 Å². The number of hydrogen-bond donors (Lipinski definition) is 2. The van der Waals surface area contributed by atoms with Crippen molar-refractivity contribution in [2.45, 2.75) is 46.6 Å². The van der Waals surface area contributed by atoms with Gasteiger partial charge in [-0.15, -0.1) is 0 Å². The fourth-order valence-electron chi connectivity index (χ4n) is 1.84. The molecule has 0 aliphatic rings. The molecule has 0 aromatic carbocycles. The monoisotopic (exact) mass is 231 g/mol. The average Bonchev–Trinajstić information content (AvgIpc) is 2.14. The third-order valence-electron chi connectivity index (χ3n) is 2.68. The Hall–Kier alpha value is -0.610. The third-order valence-corrected chi connectivity index (χ3v) is 2.68. The maximum atomic E-state index is 11.3.